The molecule has 0 heterocycles. The predicted molar refractivity (Wildman–Crippen MR) is 130 cm³/mol. The molecule has 0 atom stereocenters. The second-order valence-corrected chi connectivity index (χ2v) is 10.1. The Morgan fingerprint density at radius 2 is 1.38 bits per heavy atom. The fourth-order valence-corrected chi connectivity index (χ4v) is 5.26. The maximum absolute atomic E-state index is 12.0. The summed E-state index contributed by atoms with van der Waals surface area (Å²) in [4.78, 5) is 12.0. The highest BCUT2D eigenvalue weighted by molar-refractivity contribution is 5.88. The highest BCUT2D eigenvalue weighted by Crippen LogP contribution is 2.48. The van der Waals surface area contributed by atoms with Gasteiger partial charge in [0.1, 0.15) is 11.4 Å². The quantitative estimate of drug-likeness (QED) is 0.414. The Kier molecular flexibility index (Phi) is 6.55. The van der Waals surface area contributed by atoms with Crippen molar-refractivity contribution in [2.45, 2.75) is 64.9 Å². The Bertz CT molecular complexity index is 980. The maximum Gasteiger partial charge on any atom is 0.331 e. The number of carbonyl (C=O) groups is 1. The van der Waals surface area contributed by atoms with E-state index in [9.17, 15) is 9.90 Å². The summed E-state index contributed by atoms with van der Waals surface area (Å²) < 4.78 is 5.36. The van der Waals surface area contributed by atoms with E-state index in [0.717, 1.165) is 5.56 Å². The monoisotopic (exact) mass is 430 g/mol. The predicted octanol–water partition coefficient (Wildman–Crippen LogP) is 7.15. The smallest absolute Gasteiger partial charge is 0.331 e. The van der Waals surface area contributed by atoms with Gasteiger partial charge in [-0.1, -0.05) is 54.8 Å². The van der Waals surface area contributed by atoms with Crippen LogP contribution in [0.1, 0.15) is 76.0 Å². The van der Waals surface area contributed by atoms with Gasteiger partial charge in [0.2, 0.25) is 0 Å². The molecule has 0 saturated heterocycles. The summed E-state index contributed by atoms with van der Waals surface area (Å²) in [5, 5.41) is 9.83. The maximum atomic E-state index is 12.0. The van der Waals surface area contributed by atoms with Gasteiger partial charge in [0, 0.05) is 6.08 Å². The summed E-state index contributed by atoms with van der Waals surface area (Å²) >= 11 is 0. The van der Waals surface area contributed by atoms with Crippen LogP contribution < -0.4 is 0 Å². The molecule has 2 aromatic rings. The molecule has 0 unspecified atom stereocenters. The Morgan fingerprint density at radius 3 is 1.88 bits per heavy atom. The zero-order valence-electron chi connectivity index (χ0n) is 19.4. The molecule has 32 heavy (non-hydrogen) atoms. The van der Waals surface area contributed by atoms with E-state index in [2.05, 4.69) is 24.3 Å². The van der Waals surface area contributed by atoms with Crippen LogP contribution in [0.2, 0.25) is 0 Å². The largest absolute Gasteiger partial charge is 0.508 e. The van der Waals surface area contributed by atoms with Gasteiger partial charge in [-0.15, -0.1) is 0 Å². The van der Waals surface area contributed by atoms with Crippen molar-refractivity contribution < 1.29 is 14.6 Å². The number of phenols is 1. The van der Waals surface area contributed by atoms with Crippen LogP contribution in [-0.2, 0) is 9.53 Å². The van der Waals surface area contributed by atoms with Crippen molar-refractivity contribution in [3.05, 3.63) is 76.9 Å². The molecule has 0 spiro atoms. The molecule has 3 heteroatoms. The normalized spacial score (nSPS) is 20.9. The van der Waals surface area contributed by atoms with E-state index in [1.807, 2.05) is 32.9 Å². The second-order valence-electron chi connectivity index (χ2n) is 10.1. The molecule has 3 nitrogen and oxygen atoms in total. The molecule has 0 aromatic heterocycles. The highest BCUT2D eigenvalue weighted by atomic mass is 16.6. The minimum Gasteiger partial charge on any atom is -0.508 e. The number of fused-ring (bicyclic) bond motifs is 2. The molecule has 4 rings (SSSR count). The van der Waals surface area contributed by atoms with Crippen LogP contribution in [0.5, 0.6) is 5.75 Å². The molecular formula is C29H34O3. The number of aromatic hydroxyl groups is 1. The summed E-state index contributed by atoms with van der Waals surface area (Å²) in [5.74, 6) is 1.30. The topological polar surface area (TPSA) is 46.5 Å². The van der Waals surface area contributed by atoms with E-state index < -0.39 is 5.60 Å². The number of benzene rings is 2. The first-order valence-electron chi connectivity index (χ1n) is 11.8. The number of carbonyl (C=O) groups excluding carboxylic acids is 1. The van der Waals surface area contributed by atoms with Crippen LogP contribution in [0.25, 0.3) is 11.6 Å². The number of hydrogen-bond acceptors (Lipinski definition) is 3. The van der Waals surface area contributed by atoms with Crippen molar-refractivity contribution in [3.63, 3.8) is 0 Å². The van der Waals surface area contributed by atoms with E-state index in [1.165, 1.54) is 61.3 Å². The lowest BCUT2D eigenvalue weighted by atomic mass is 9.65. The van der Waals surface area contributed by atoms with Crippen LogP contribution in [0.3, 0.4) is 0 Å². The zero-order valence-corrected chi connectivity index (χ0v) is 19.4. The lowest BCUT2D eigenvalue weighted by Crippen LogP contribution is -2.25. The molecule has 0 aliphatic heterocycles. The summed E-state index contributed by atoms with van der Waals surface area (Å²) in [6.45, 7) is 5.60. The molecule has 168 valence electrons. The van der Waals surface area contributed by atoms with Crippen molar-refractivity contribution in [2.75, 3.05) is 0 Å². The van der Waals surface area contributed by atoms with Crippen molar-refractivity contribution in [3.8, 4) is 5.75 Å². The molecule has 2 aliphatic rings. The molecule has 1 N–H and O–H groups in total. The SMILES string of the molecule is CC(C)(C)OC(=O)C=Cc1ccc(C(=C2C3CCCC2CCC3)c2ccc(O)cc2)cc1. The second kappa shape index (κ2) is 9.36. The number of hydrogen-bond donors (Lipinski definition) is 1. The third-order valence-electron chi connectivity index (χ3n) is 6.55. The average molecular weight is 431 g/mol. The van der Waals surface area contributed by atoms with E-state index in [-0.39, 0.29) is 5.97 Å². The standard InChI is InChI=1S/C29H34O3/c1-29(2,3)32-26(31)19-12-20-10-13-23(14-11-20)28(24-15-17-25(30)18-16-24)27-21-6-4-7-22(27)9-5-8-21/h10-19,21-22,30H,4-9H2,1-3H3. The van der Waals surface area contributed by atoms with Crippen molar-refractivity contribution >= 4 is 17.6 Å². The minimum atomic E-state index is -0.492. The van der Waals surface area contributed by atoms with Gasteiger partial charge in [0.15, 0.2) is 0 Å². The number of esters is 1. The molecule has 2 aliphatic carbocycles. The van der Waals surface area contributed by atoms with E-state index in [1.54, 1.807) is 23.8 Å². The van der Waals surface area contributed by atoms with Crippen LogP contribution >= 0.6 is 0 Å². The number of phenolic OH excluding ortho intramolecular Hbond substituents is 1. The van der Waals surface area contributed by atoms with E-state index in [0.29, 0.717) is 17.6 Å². The molecule has 0 amide bonds. The summed E-state index contributed by atoms with van der Waals surface area (Å²) in [5.41, 5.74) is 5.81. The number of rotatable bonds is 4. The van der Waals surface area contributed by atoms with Gasteiger partial charge in [0.05, 0.1) is 0 Å². The van der Waals surface area contributed by atoms with Gasteiger partial charge in [-0.3, -0.25) is 0 Å². The summed E-state index contributed by atoms with van der Waals surface area (Å²) in [7, 11) is 0. The number of allylic oxidation sites excluding steroid dienone is 1. The number of ether oxygens (including phenoxy) is 1. The summed E-state index contributed by atoms with van der Waals surface area (Å²) in [6.07, 6.45) is 11.1. The molecule has 2 saturated carbocycles. The first-order chi connectivity index (χ1) is 15.3. The van der Waals surface area contributed by atoms with Gasteiger partial charge in [-0.2, -0.15) is 0 Å². The van der Waals surface area contributed by atoms with Crippen molar-refractivity contribution in [1.82, 2.24) is 0 Å². The minimum absolute atomic E-state index is 0.296. The Hall–Kier alpha value is -2.81. The van der Waals surface area contributed by atoms with Gasteiger partial charge in [-0.25, -0.2) is 4.79 Å². The zero-order chi connectivity index (χ0) is 22.7. The Balaban J connectivity index is 1.68. The summed E-state index contributed by atoms with van der Waals surface area (Å²) in [6, 6.07) is 16.1. The Morgan fingerprint density at radius 1 is 0.875 bits per heavy atom. The van der Waals surface area contributed by atoms with Gasteiger partial charge >= 0.3 is 5.97 Å². The molecule has 2 fully saturated rings. The molecular weight excluding hydrogens is 396 g/mol. The first kappa shape index (κ1) is 22.4. The lowest BCUT2D eigenvalue weighted by Gasteiger charge is -2.39. The van der Waals surface area contributed by atoms with Crippen LogP contribution in [0, 0.1) is 11.8 Å². The van der Waals surface area contributed by atoms with Crippen LogP contribution in [0.15, 0.2) is 60.2 Å². The van der Waals surface area contributed by atoms with Gasteiger partial charge < -0.3 is 9.84 Å². The molecule has 0 radical (unpaired) electrons. The lowest BCUT2D eigenvalue weighted by molar-refractivity contribution is -0.148. The van der Waals surface area contributed by atoms with E-state index >= 15 is 0 Å². The molecule has 2 bridgehead atoms. The average Bonchev–Trinajstić information content (AvgIpc) is 2.73. The fraction of sp³-hybridized carbons (Fsp3) is 0.414. The van der Waals surface area contributed by atoms with Crippen molar-refractivity contribution in [1.29, 1.82) is 0 Å². The first-order valence-corrected chi connectivity index (χ1v) is 11.8. The Labute approximate surface area is 191 Å². The van der Waals surface area contributed by atoms with Gasteiger partial charge in [-0.05, 0) is 98.8 Å². The highest BCUT2D eigenvalue weighted by Gasteiger charge is 2.33. The molecule has 2 aromatic carbocycles. The fourth-order valence-electron chi connectivity index (χ4n) is 5.26. The van der Waals surface area contributed by atoms with Gasteiger partial charge in [0.25, 0.3) is 0 Å². The van der Waals surface area contributed by atoms with E-state index in [4.69, 9.17) is 4.74 Å². The van der Waals surface area contributed by atoms with Crippen LogP contribution in [-0.4, -0.2) is 16.7 Å². The van der Waals surface area contributed by atoms with Crippen molar-refractivity contribution in [2.24, 2.45) is 11.8 Å². The van der Waals surface area contributed by atoms with Crippen LogP contribution in [0.4, 0.5) is 0 Å². The third kappa shape index (κ3) is 5.32. The third-order valence-corrected chi connectivity index (χ3v) is 6.55.